The average molecular weight is 712 g/mol. The number of pyridine rings is 1. The number of aromatic nitrogens is 6. The Morgan fingerprint density at radius 1 is 1.06 bits per heavy atom. The zero-order valence-corrected chi connectivity index (χ0v) is 28.9. The second kappa shape index (κ2) is 14.0. The van der Waals surface area contributed by atoms with Gasteiger partial charge in [0, 0.05) is 24.3 Å². The van der Waals surface area contributed by atoms with E-state index in [1.807, 2.05) is 32.0 Å². The minimum Gasteiger partial charge on any atom is -0.377 e. The number of fused-ring (bicyclic) bond motifs is 2. The lowest BCUT2D eigenvalue weighted by Crippen LogP contribution is -2.40. The summed E-state index contributed by atoms with van der Waals surface area (Å²) in [5, 5.41) is 17.0. The molecule has 17 heteroatoms. The maximum Gasteiger partial charge on any atom is 0.332 e. The molecule has 0 aliphatic carbocycles. The van der Waals surface area contributed by atoms with Crippen LogP contribution in [0.4, 0.5) is 22.1 Å². The van der Waals surface area contributed by atoms with Gasteiger partial charge in [0.05, 0.1) is 67.2 Å². The first kappa shape index (κ1) is 34.0. The Bertz CT molecular complexity index is 2080. The Morgan fingerprint density at radius 3 is 2.69 bits per heavy atom. The topological polar surface area (TPSA) is 185 Å². The Balaban J connectivity index is 0.898. The van der Waals surface area contributed by atoms with Crippen LogP contribution in [0.5, 0.6) is 0 Å². The first-order valence-electron chi connectivity index (χ1n) is 16.5. The standard InChI is InChI=1S/C34H34ClN11O5/c1-4-44-27(47)17-38-31-32(44)41-24(16-37-31)22-6-7-23(40-20(22)3)30-39-18-43(42-30)11-12-50-13-14-51-26-9-10-45-29(26)33(48)46(34(45)49)25-8-5-21(15-36)28(35)19(25)2/h5-8,16,18,26,29H,4,9-14,17H2,1-3H3,(H,37,38)/t26?,29-/m0/s1. The number of hydrogen-bond acceptors (Lipinski definition) is 12. The number of carbonyl (C=O) groups is 3. The van der Waals surface area contributed by atoms with Crippen LogP contribution in [0, 0.1) is 25.2 Å². The number of imide groups is 1. The number of ether oxygens (including phenoxy) is 2. The fraction of sp³-hybridized carbons (Fsp3) is 0.382. The van der Waals surface area contributed by atoms with Crippen molar-refractivity contribution in [2.45, 2.75) is 45.9 Å². The van der Waals surface area contributed by atoms with Gasteiger partial charge in [-0.2, -0.15) is 5.26 Å². The number of rotatable bonds is 11. The number of aryl methyl sites for hydroxylation is 1. The highest BCUT2D eigenvalue weighted by Gasteiger charge is 2.53. The Morgan fingerprint density at radius 2 is 1.90 bits per heavy atom. The highest BCUT2D eigenvalue weighted by molar-refractivity contribution is 6.33. The van der Waals surface area contributed by atoms with Crippen molar-refractivity contribution in [2.75, 3.05) is 54.6 Å². The fourth-order valence-electron chi connectivity index (χ4n) is 6.54. The zero-order valence-electron chi connectivity index (χ0n) is 28.2. The third-order valence-electron chi connectivity index (χ3n) is 9.16. The molecule has 7 rings (SSSR count). The number of anilines is 3. The van der Waals surface area contributed by atoms with Gasteiger partial charge >= 0.3 is 6.03 Å². The summed E-state index contributed by atoms with van der Waals surface area (Å²) in [5.74, 6) is 1.11. The van der Waals surface area contributed by atoms with E-state index in [9.17, 15) is 19.6 Å². The Labute approximate surface area is 298 Å². The summed E-state index contributed by atoms with van der Waals surface area (Å²) in [7, 11) is 0. The van der Waals surface area contributed by atoms with Gasteiger partial charge in [-0.15, -0.1) is 5.10 Å². The van der Waals surface area contributed by atoms with Crippen molar-refractivity contribution >= 4 is 46.8 Å². The second-order valence-corrected chi connectivity index (χ2v) is 12.5. The maximum absolute atomic E-state index is 13.4. The molecule has 1 N–H and O–H groups in total. The van der Waals surface area contributed by atoms with E-state index >= 15 is 0 Å². The van der Waals surface area contributed by atoms with Gasteiger partial charge in [0.25, 0.3) is 5.91 Å². The van der Waals surface area contributed by atoms with Crippen LogP contribution in [0.1, 0.15) is 30.2 Å². The lowest BCUT2D eigenvalue weighted by Gasteiger charge is -2.27. The van der Waals surface area contributed by atoms with Gasteiger partial charge < -0.3 is 19.7 Å². The number of hydrogen-bond donors (Lipinski definition) is 1. The molecule has 3 aromatic heterocycles. The van der Waals surface area contributed by atoms with Gasteiger partial charge in [0.1, 0.15) is 24.1 Å². The van der Waals surface area contributed by atoms with Crippen LogP contribution in [-0.2, 0) is 25.6 Å². The van der Waals surface area contributed by atoms with Crippen LogP contribution in [0.25, 0.3) is 22.8 Å². The minimum atomic E-state index is -0.730. The zero-order chi connectivity index (χ0) is 35.8. The van der Waals surface area contributed by atoms with E-state index in [0.717, 1.165) is 16.2 Å². The number of halogens is 1. The van der Waals surface area contributed by atoms with Gasteiger partial charge in [0.2, 0.25) is 5.91 Å². The normalized spacial score (nSPS) is 18.3. The minimum absolute atomic E-state index is 0.0566. The summed E-state index contributed by atoms with van der Waals surface area (Å²) < 4.78 is 13.5. The van der Waals surface area contributed by atoms with Gasteiger partial charge in [-0.05, 0) is 57.0 Å². The number of nitrogens with zero attached hydrogens (tertiary/aromatic N) is 10. The summed E-state index contributed by atoms with van der Waals surface area (Å²) in [6.45, 7) is 7.87. The van der Waals surface area contributed by atoms with E-state index in [0.29, 0.717) is 72.8 Å². The molecule has 262 valence electrons. The molecule has 0 bridgehead atoms. The van der Waals surface area contributed by atoms with Crippen molar-refractivity contribution in [3.63, 3.8) is 0 Å². The number of carbonyl (C=O) groups excluding carboxylic acids is 3. The van der Waals surface area contributed by atoms with Crippen LogP contribution in [-0.4, -0.2) is 104 Å². The van der Waals surface area contributed by atoms with Crippen molar-refractivity contribution in [3.05, 3.63) is 58.6 Å². The first-order chi connectivity index (χ1) is 24.7. The number of likely N-dealkylation sites (N-methyl/N-ethyl adjacent to an activating group) is 1. The van der Waals surface area contributed by atoms with Gasteiger partial charge in [0.15, 0.2) is 17.5 Å². The van der Waals surface area contributed by atoms with E-state index in [-0.39, 0.29) is 42.2 Å². The largest absolute Gasteiger partial charge is 0.377 e. The second-order valence-electron chi connectivity index (χ2n) is 12.2. The lowest BCUT2D eigenvalue weighted by molar-refractivity contribution is -0.123. The number of nitriles is 1. The fourth-order valence-corrected chi connectivity index (χ4v) is 6.74. The molecular weight excluding hydrogens is 678 g/mol. The number of amides is 4. The third-order valence-corrected chi connectivity index (χ3v) is 9.64. The van der Waals surface area contributed by atoms with Crippen LogP contribution in [0.2, 0.25) is 5.02 Å². The summed E-state index contributed by atoms with van der Waals surface area (Å²) in [4.78, 5) is 61.5. The molecule has 4 amide bonds. The summed E-state index contributed by atoms with van der Waals surface area (Å²) in [6, 6.07) is 7.65. The van der Waals surface area contributed by atoms with E-state index in [4.69, 9.17) is 31.0 Å². The molecule has 2 saturated heterocycles. The smallest absolute Gasteiger partial charge is 0.332 e. The molecule has 6 heterocycles. The van der Waals surface area contributed by atoms with Crippen molar-refractivity contribution in [2.24, 2.45) is 0 Å². The predicted octanol–water partition coefficient (Wildman–Crippen LogP) is 3.36. The van der Waals surface area contributed by atoms with Crippen LogP contribution in [0.3, 0.4) is 0 Å². The van der Waals surface area contributed by atoms with Crippen LogP contribution < -0.4 is 15.1 Å². The highest BCUT2D eigenvalue weighted by Crippen LogP contribution is 2.37. The maximum atomic E-state index is 13.4. The van der Waals surface area contributed by atoms with E-state index < -0.39 is 18.2 Å². The molecule has 2 fully saturated rings. The molecule has 0 spiro atoms. The molecule has 0 saturated carbocycles. The van der Waals surface area contributed by atoms with E-state index in [2.05, 4.69) is 20.4 Å². The molecule has 3 aliphatic rings. The van der Waals surface area contributed by atoms with Gasteiger partial charge in [-0.25, -0.2) is 34.3 Å². The SMILES string of the molecule is CCN1C(=O)CNc2ncc(-c3ccc(-c4ncn(CCOCCOC5CCN6C(=O)N(c7ccc(C#N)c(Cl)c7C)C(=O)[C@H]56)n4)nc3C)nc21. The molecule has 1 aromatic carbocycles. The van der Waals surface area contributed by atoms with E-state index in [1.54, 1.807) is 35.1 Å². The molecule has 1 unspecified atom stereocenters. The summed E-state index contributed by atoms with van der Waals surface area (Å²) in [5.41, 5.74) is 3.85. The van der Waals surface area contributed by atoms with Crippen molar-refractivity contribution in [3.8, 4) is 28.8 Å². The summed E-state index contributed by atoms with van der Waals surface area (Å²) >= 11 is 6.31. The van der Waals surface area contributed by atoms with Crippen molar-refractivity contribution in [1.29, 1.82) is 5.26 Å². The van der Waals surface area contributed by atoms with Gasteiger partial charge in [-0.1, -0.05) is 11.6 Å². The first-order valence-corrected chi connectivity index (χ1v) is 16.9. The predicted molar refractivity (Wildman–Crippen MR) is 185 cm³/mol. The number of nitrogens with one attached hydrogen (secondary N) is 1. The molecule has 0 radical (unpaired) electrons. The molecule has 3 aliphatic heterocycles. The van der Waals surface area contributed by atoms with Crippen LogP contribution >= 0.6 is 11.6 Å². The monoisotopic (exact) mass is 711 g/mol. The summed E-state index contributed by atoms with van der Waals surface area (Å²) in [6.07, 6.45) is 3.36. The third kappa shape index (κ3) is 6.24. The number of urea groups is 1. The molecular formula is C34H34ClN11O5. The highest BCUT2D eigenvalue weighted by atomic mass is 35.5. The van der Waals surface area contributed by atoms with Gasteiger partial charge in [-0.3, -0.25) is 14.5 Å². The lowest BCUT2D eigenvalue weighted by atomic mass is 10.1. The Hall–Kier alpha value is -5.50. The molecule has 51 heavy (non-hydrogen) atoms. The molecule has 2 atom stereocenters. The molecule has 16 nitrogen and oxygen atoms in total. The van der Waals surface area contributed by atoms with Crippen LogP contribution in [0.15, 0.2) is 36.8 Å². The molecule has 4 aromatic rings. The van der Waals surface area contributed by atoms with Crippen molar-refractivity contribution < 1.29 is 23.9 Å². The van der Waals surface area contributed by atoms with E-state index in [1.165, 1.54) is 11.0 Å². The quantitative estimate of drug-likeness (QED) is 0.177. The Kier molecular flexibility index (Phi) is 9.34. The van der Waals surface area contributed by atoms with Crippen molar-refractivity contribution in [1.82, 2.24) is 34.6 Å². The average Bonchev–Trinajstić information content (AvgIpc) is 3.84. The number of benzene rings is 1.